The largest absolute Gasteiger partial charge is 0.333 e. The summed E-state index contributed by atoms with van der Waals surface area (Å²) in [7, 11) is 0. The molecule has 0 aromatic carbocycles. The molecule has 0 aliphatic rings. The monoisotopic (exact) mass is 174 g/mol. The van der Waals surface area contributed by atoms with Gasteiger partial charge < -0.3 is 0 Å². The lowest BCUT2D eigenvalue weighted by molar-refractivity contribution is 0.0543. The van der Waals surface area contributed by atoms with Gasteiger partial charge >= 0.3 is 6.55 Å². The van der Waals surface area contributed by atoms with Gasteiger partial charge in [-0.2, -0.15) is 13.9 Å². The second-order valence-electron chi connectivity index (χ2n) is 3.06. The summed E-state index contributed by atoms with van der Waals surface area (Å²) >= 11 is 0. The summed E-state index contributed by atoms with van der Waals surface area (Å²) in [6.45, 7) is 3.05. The summed E-state index contributed by atoms with van der Waals surface area (Å²) in [4.78, 5) is 0. The number of aromatic nitrogens is 2. The predicted molar refractivity (Wildman–Crippen MR) is 42.3 cm³/mol. The molecule has 0 fully saturated rings. The van der Waals surface area contributed by atoms with Crippen LogP contribution in [0, 0.1) is 6.92 Å². The molecule has 0 N–H and O–H groups in total. The number of hydrogen-bond acceptors (Lipinski definition) is 1. The third-order valence-electron chi connectivity index (χ3n) is 1.89. The summed E-state index contributed by atoms with van der Waals surface area (Å²) in [5.41, 5.74) is 1.44. The van der Waals surface area contributed by atoms with Gasteiger partial charge in [0.2, 0.25) is 0 Å². The van der Waals surface area contributed by atoms with Crippen LogP contribution in [0.1, 0.15) is 37.6 Å². The molecule has 0 radical (unpaired) electrons. The Labute approximate surface area is 70.2 Å². The quantitative estimate of drug-likeness (QED) is 0.674. The van der Waals surface area contributed by atoms with Crippen molar-refractivity contribution in [1.82, 2.24) is 9.78 Å². The summed E-state index contributed by atoms with van der Waals surface area (Å²) in [5, 5.41) is 3.60. The molecule has 2 nitrogen and oxygen atoms in total. The molecule has 0 saturated carbocycles. The fourth-order valence-corrected chi connectivity index (χ4v) is 1.20. The van der Waals surface area contributed by atoms with Crippen LogP contribution < -0.4 is 0 Å². The fraction of sp³-hybridized carbons (Fsp3) is 0.625. The van der Waals surface area contributed by atoms with E-state index in [0.29, 0.717) is 5.69 Å². The van der Waals surface area contributed by atoms with E-state index in [-0.39, 0.29) is 5.92 Å². The third kappa shape index (κ3) is 1.47. The van der Waals surface area contributed by atoms with Crippen LogP contribution in [0.25, 0.3) is 0 Å². The summed E-state index contributed by atoms with van der Waals surface area (Å²) < 4.78 is 25.2. The van der Waals surface area contributed by atoms with E-state index in [1.54, 1.807) is 6.92 Å². The van der Waals surface area contributed by atoms with Gasteiger partial charge in [0.1, 0.15) is 0 Å². The van der Waals surface area contributed by atoms with Crippen LogP contribution in [0.5, 0.6) is 0 Å². The Kier molecular flexibility index (Phi) is 2.45. The van der Waals surface area contributed by atoms with E-state index in [9.17, 15) is 8.78 Å². The van der Waals surface area contributed by atoms with Crippen molar-refractivity contribution in [2.24, 2.45) is 0 Å². The van der Waals surface area contributed by atoms with E-state index in [2.05, 4.69) is 5.10 Å². The van der Waals surface area contributed by atoms with Gasteiger partial charge in [-0.05, 0) is 18.4 Å². The fourth-order valence-electron chi connectivity index (χ4n) is 1.20. The molecule has 4 heteroatoms. The topological polar surface area (TPSA) is 17.8 Å². The van der Waals surface area contributed by atoms with E-state index in [4.69, 9.17) is 0 Å². The van der Waals surface area contributed by atoms with Crippen LogP contribution in [0.4, 0.5) is 8.78 Å². The molecule has 0 bridgehead atoms. The van der Waals surface area contributed by atoms with Gasteiger partial charge in [-0.25, -0.2) is 4.68 Å². The molecule has 0 saturated heterocycles. The van der Waals surface area contributed by atoms with Crippen molar-refractivity contribution in [2.75, 3.05) is 0 Å². The first-order valence-electron chi connectivity index (χ1n) is 3.86. The Morgan fingerprint density at radius 3 is 2.25 bits per heavy atom. The highest BCUT2D eigenvalue weighted by molar-refractivity contribution is 5.19. The van der Waals surface area contributed by atoms with Crippen molar-refractivity contribution in [1.29, 1.82) is 0 Å². The molecular weight excluding hydrogens is 162 g/mol. The highest BCUT2D eigenvalue weighted by Gasteiger charge is 2.14. The molecule has 1 aromatic heterocycles. The normalized spacial score (nSPS) is 11.6. The second kappa shape index (κ2) is 3.21. The molecule has 0 unspecified atom stereocenters. The van der Waals surface area contributed by atoms with Crippen molar-refractivity contribution in [3.8, 4) is 0 Å². The minimum absolute atomic E-state index is 0.248. The molecule has 68 valence electrons. The molecule has 0 aliphatic heterocycles. The molecular formula is C8H12F2N2. The maximum absolute atomic E-state index is 12.2. The van der Waals surface area contributed by atoms with Crippen molar-refractivity contribution in [2.45, 2.75) is 33.2 Å². The van der Waals surface area contributed by atoms with Gasteiger partial charge in [0.05, 0.1) is 6.20 Å². The Hall–Kier alpha value is -0.930. The third-order valence-corrected chi connectivity index (χ3v) is 1.89. The van der Waals surface area contributed by atoms with Gasteiger partial charge in [-0.15, -0.1) is 0 Å². The Morgan fingerprint density at radius 1 is 1.42 bits per heavy atom. The average molecular weight is 174 g/mol. The number of nitrogens with zero attached hydrogens (tertiary/aromatic N) is 2. The van der Waals surface area contributed by atoms with Crippen molar-refractivity contribution < 1.29 is 8.78 Å². The zero-order chi connectivity index (χ0) is 9.30. The lowest BCUT2D eigenvalue weighted by Gasteiger charge is -2.05. The SMILES string of the molecule is Cc1c(C(C)C)cnn1C(F)F. The Morgan fingerprint density at radius 2 is 2.00 bits per heavy atom. The maximum atomic E-state index is 12.2. The second-order valence-corrected chi connectivity index (χ2v) is 3.06. The smallest absolute Gasteiger partial charge is 0.209 e. The van der Waals surface area contributed by atoms with E-state index in [0.717, 1.165) is 10.2 Å². The highest BCUT2D eigenvalue weighted by Crippen LogP contribution is 2.21. The van der Waals surface area contributed by atoms with Crippen LogP contribution in [-0.2, 0) is 0 Å². The van der Waals surface area contributed by atoms with Crippen molar-refractivity contribution >= 4 is 0 Å². The number of halogens is 2. The Balaban J connectivity index is 3.04. The average Bonchev–Trinajstić information content (AvgIpc) is 2.30. The molecule has 12 heavy (non-hydrogen) atoms. The van der Waals surface area contributed by atoms with Crippen LogP contribution in [-0.4, -0.2) is 9.78 Å². The first-order chi connectivity index (χ1) is 5.54. The number of alkyl halides is 2. The zero-order valence-corrected chi connectivity index (χ0v) is 7.38. The lowest BCUT2D eigenvalue weighted by atomic mass is 10.1. The standard InChI is InChI=1S/C8H12F2N2/c1-5(2)7-4-11-12(6(7)3)8(9)10/h4-5,8H,1-3H3. The molecule has 1 heterocycles. The maximum Gasteiger partial charge on any atom is 0.333 e. The molecule has 0 atom stereocenters. The van der Waals surface area contributed by atoms with Gasteiger partial charge in [-0.1, -0.05) is 13.8 Å². The van der Waals surface area contributed by atoms with Gasteiger partial charge in [0.25, 0.3) is 0 Å². The first kappa shape index (κ1) is 9.16. The van der Waals surface area contributed by atoms with Gasteiger partial charge in [-0.3, -0.25) is 0 Å². The molecule has 1 aromatic rings. The molecule has 1 rings (SSSR count). The summed E-state index contributed by atoms with van der Waals surface area (Å²) in [6, 6.07) is 0. The van der Waals surface area contributed by atoms with Crippen molar-refractivity contribution in [3.63, 3.8) is 0 Å². The minimum Gasteiger partial charge on any atom is -0.209 e. The molecule has 0 amide bonds. The van der Waals surface area contributed by atoms with E-state index < -0.39 is 6.55 Å². The highest BCUT2D eigenvalue weighted by atomic mass is 19.3. The van der Waals surface area contributed by atoms with Crippen LogP contribution in [0.2, 0.25) is 0 Å². The van der Waals surface area contributed by atoms with Crippen molar-refractivity contribution in [3.05, 3.63) is 17.5 Å². The summed E-state index contributed by atoms with van der Waals surface area (Å²) in [6.07, 6.45) is 1.51. The van der Waals surface area contributed by atoms with Crippen LogP contribution in [0.15, 0.2) is 6.20 Å². The van der Waals surface area contributed by atoms with Gasteiger partial charge in [0.15, 0.2) is 0 Å². The first-order valence-corrected chi connectivity index (χ1v) is 3.86. The lowest BCUT2D eigenvalue weighted by Crippen LogP contribution is -2.03. The minimum atomic E-state index is -2.53. The number of rotatable bonds is 2. The van der Waals surface area contributed by atoms with Gasteiger partial charge in [0, 0.05) is 5.69 Å². The van der Waals surface area contributed by atoms with Crippen LogP contribution >= 0.6 is 0 Å². The van der Waals surface area contributed by atoms with E-state index in [1.807, 2.05) is 13.8 Å². The predicted octanol–water partition coefficient (Wildman–Crippen LogP) is 2.71. The summed E-state index contributed by atoms with van der Waals surface area (Å²) in [5.74, 6) is 0.248. The van der Waals surface area contributed by atoms with E-state index >= 15 is 0 Å². The molecule has 0 aliphatic carbocycles. The zero-order valence-electron chi connectivity index (χ0n) is 7.38. The van der Waals surface area contributed by atoms with E-state index in [1.165, 1.54) is 6.20 Å². The van der Waals surface area contributed by atoms with Crippen LogP contribution in [0.3, 0.4) is 0 Å². The number of hydrogen-bond donors (Lipinski definition) is 0. The Bertz CT molecular complexity index is 241. The molecule has 0 spiro atoms.